The number of anilines is 1. The Kier molecular flexibility index (Phi) is 6.01. The molecule has 0 radical (unpaired) electrons. The van der Waals surface area contributed by atoms with Gasteiger partial charge >= 0.3 is 6.18 Å². The van der Waals surface area contributed by atoms with E-state index in [9.17, 15) is 18.0 Å². The lowest BCUT2D eigenvalue weighted by molar-refractivity contribution is -0.137. The van der Waals surface area contributed by atoms with Gasteiger partial charge in [-0.3, -0.25) is 4.79 Å². The first-order valence-corrected chi connectivity index (χ1v) is 12.4. The van der Waals surface area contributed by atoms with Crippen LogP contribution in [0.4, 0.5) is 18.9 Å². The molecule has 0 bridgehead atoms. The van der Waals surface area contributed by atoms with Crippen molar-refractivity contribution in [1.29, 1.82) is 0 Å². The van der Waals surface area contributed by atoms with Crippen molar-refractivity contribution in [2.24, 2.45) is 11.1 Å². The fourth-order valence-corrected chi connectivity index (χ4v) is 5.29. The summed E-state index contributed by atoms with van der Waals surface area (Å²) in [6.45, 7) is 3.18. The molecule has 0 aliphatic heterocycles. The summed E-state index contributed by atoms with van der Waals surface area (Å²) in [6.07, 6.45) is 4.90. The smallest absolute Gasteiger partial charge is 0.385 e. The van der Waals surface area contributed by atoms with E-state index in [1.807, 2.05) is 28.8 Å². The van der Waals surface area contributed by atoms with Crippen molar-refractivity contribution < 1.29 is 18.0 Å². The highest BCUT2D eigenvalue weighted by Gasteiger charge is 2.36. The Morgan fingerprint density at radius 1 is 1.17 bits per heavy atom. The van der Waals surface area contributed by atoms with E-state index in [1.54, 1.807) is 0 Å². The van der Waals surface area contributed by atoms with Crippen LogP contribution >= 0.6 is 0 Å². The monoisotopic (exact) mass is 484 g/mol. The van der Waals surface area contributed by atoms with Crippen LogP contribution in [0, 0.1) is 5.41 Å². The van der Waals surface area contributed by atoms with E-state index in [4.69, 9.17) is 5.73 Å². The molecular weight excluding hydrogens is 453 g/mol. The van der Waals surface area contributed by atoms with Gasteiger partial charge in [-0.15, -0.1) is 0 Å². The number of hydrogen-bond donors (Lipinski definition) is 2. The summed E-state index contributed by atoms with van der Waals surface area (Å²) in [7, 11) is 0. The van der Waals surface area contributed by atoms with Crippen LogP contribution in [0.1, 0.15) is 80.3 Å². The summed E-state index contributed by atoms with van der Waals surface area (Å²) in [4.78, 5) is 16.9. The second-order valence-corrected chi connectivity index (χ2v) is 10.4. The Balaban J connectivity index is 1.59. The summed E-state index contributed by atoms with van der Waals surface area (Å²) >= 11 is 0. The highest BCUT2D eigenvalue weighted by Crippen LogP contribution is 2.48. The maximum absolute atomic E-state index is 13.5. The van der Waals surface area contributed by atoms with Crippen molar-refractivity contribution in [3.63, 3.8) is 0 Å². The predicted octanol–water partition coefficient (Wildman–Crippen LogP) is 6.93. The van der Waals surface area contributed by atoms with E-state index >= 15 is 0 Å². The normalized spacial score (nSPS) is 18.1. The number of pyridine rings is 1. The number of amides is 1. The van der Waals surface area contributed by atoms with E-state index < -0.39 is 17.6 Å². The van der Waals surface area contributed by atoms with Crippen molar-refractivity contribution >= 4 is 22.6 Å². The average molecular weight is 485 g/mol. The van der Waals surface area contributed by atoms with Crippen LogP contribution in [0.2, 0.25) is 0 Å². The van der Waals surface area contributed by atoms with Crippen LogP contribution in [-0.2, 0) is 6.18 Å². The molecule has 5 nitrogen and oxygen atoms in total. The first kappa shape index (κ1) is 23.7. The topological polar surface area (TPSA) is 72.9 Å². The molecular formula is C27H31F3N4O. The van der Waals surface area contributed by atoms with Gasteiger partial charge in [-0.2, -0.15) is 13.2 Å². The van der Waals surface area contributed by atoms with Crippen LogP contribution < -0.4 is 11.1 Å². The minimum atomic E-state index is -4.56. The van der Waals surface area contributed by atoms with Gasteiger partial charge in [-0.05, 0) is 61.3 Å². The summed E-state index contributed by atoms with van der Waals surface area (Å²) in [5.41, 5.74) is 8.13. The zero-order valence-corrected chi connectivity index (χ0v) is 19.9. The highest BCUT2D eigenvalue weighted by atomic mass is 19.4. The number of fused-ring (bicyclic) bond motifs is 1. The molecule has 0 atom stereocenters. The number of hydrogen-bond acceptors (Lipinski definition) is 3. The number of halogens is 3. The Hall–Kier alpha value is -3.03. The second kappa shape index (κ2) is 8.88. The van der Waals surface area contributed by atoms with Crippen LogP contribution in [0.3, 0.4) is 0 Å². The molecule has 2 saturated carbocycles. The number of nitrogens with two attached hydrogens (primary N) is 1. The lowest BCUT2D eigenvalue weighted by Gasteiger charge is -2.26. The van der Waals surface area contributed by atoms with Gasteiger partial charge in [0.1, 0.15) is 5.65 Å². The molecule has 0 spiro atoms. The van der Waals surface area contributed by atoms with Crippen molar-refractivity contribution in [2.45, 2.75) is 70.5 Å². The third-order valence-corrected chi connectivity index (χ3v) is 7.68. The van der Waals surface area contributed by atoms with Gasteiger partial charge in [0.25, 0.3) is 5.91 Å². The molecule has 1 amide bonds. The van der Waals surface area contributed by atoms with Crippen molar-refractivity contribution in [1.82, 2.24) is 9.55 Å². The molecule has 8 heteroatoms. The quantitative estimate of drug-likeness (QED) is 0.382. The minimum absolute atomic E-state index is 0.0515. The number of carbonyl (C=O) groups excluding carboxylic acids is 1. The number of nitrogens with zero attached hydrogens (tertiary/aromatic N) is 2. The zero-order chi connectivity index (χ0) is 24.8. The Labute approximate surface area is 202 Å². The average Bonchev–Trinajstić information content (AvgIpc) is 3.46. The largest absolute Gasteiger partial charge is 0.417 e. The van der Waals surface area contributed by atoms with E-state index in [1.165, 1.54) is 12.8 Å². The lowest BCUT2D eigenvalue weighted by atomic mass is 9.94. The Morgan fingerprint density at radius 3 is 2.46 bits per heavy atom. The first-order valence-electron chi connectivity index (χ1n) is 12.4. The van der Waals surface area contributed by atoms with Crippen LogP contribution in [0.5, 0.6) is 0 Å². The number of benzene rings is 1. The minimum Gasteiger partial charge on any atom is -0.385 e. The van der Waals surface area contributed by atoms with Gasteiger partial charge in [-0.25, -0.2) is 4.98 Å². The van der Waals surface area contributed by atoms with Gasteiger partial charge in [0.05, 0.1) is 16.8 Å². The highest BCUT2D eigenvalue weighted by molar-refractivity contribution is 6.11. The molecule has 2 fully saturated rings. The molecule has 186 valence electrons. The molecule has 0 saturated heterocycles. The van der Waals surface area contributed by atoms with Crippen LogP contribution in [-0.4, -0.2) is 22.0 Å². The SMILES string of the molecule is CC1(CCNc2ccc(-c3c(C(N)=O)c4cc(C(F)(F)F)cnc4n3C3CCCCC3)cc2)CC1. The van der Waals surface area contributed by atoms with E-state index in [-0.39, 0.29) is 17.0 Å². The van der Waals surface area contributed by atoms with Gasteiger partial charge in [-0.1, -0.05) is 38.3 Å². The van der Waals surface area contributed by atoms with Crippen molar-refractivity contribution in [3.05, 3.63) is 47.7 Å². The molecule has 35 heavy (non-hydrogen) atoms. The fourth-order valence-electron chi connectivity index (χ4n) is 5.29. The number of alkyl halides is 3. The fraction of sp³-hybridized carbons (Fsp3) is 0.481. The molecule has 0 unspecified atom stereocenters. The molecule has 2 aliphatic rings. The molecule has 5 rings (SSSR count). The third kappa shape index (κ3) is 4.75. The number of aromatic nitrogens is 2. The maximum Gasteiger partial charge on any atom is 0.417 e. The van der Waals surface area contributed by atoms with Crippen molar-refractivity contribution in [3.8, 4) is 11.3 Å². The van der Waals surface area contributed by atoms with Gasteiger partial charge in [0, 0.05) is 29.9 Å². The van der Waals surface area contributed by atoms with Crippen molar-refractivity contribution in [2.75, 3.05) is 11.9 Å². The standard InChI is InChI=1S/C27H31F3N4O/c1-26(11-12-26)13-14-32-19-9-7-17(8-10-19)23-22(24(31)35)21-15-18(27(28,29)30)16-33-25(21)34(23)20-5-3-2-4-6-20/h7-10,15-16,20,32H,2-6,11-14H2,1H3,(H2,31,35). The van der Waals surface area contributed by atoms with Gasteiger partial charge in [0.15, 0.2) is 0 Å². The van der Waals surface area contributed by atoms with E-state index in [0.717, 1.165) is 68.6 Å². The Morgan fingerprint density at radius 2 is 1.86 bits per heavy atom. The summed E-state index contributed by atoms with van der Waals surface area (Å²) in [6, 6.07) is 8.78. The van der Waals surface area contributed by atoms with Crippen LogP contribution in [0.15, 0.2) is 36.5 Å². The number of primary amides is 1. The van der Waals surface area contributed by atoms with Gasteiger partial charge < -0.3 is 15.6 Å². The molecule has 2 heterocycles. The number of carbonyl (C=O) groups is 1. The van der Waals surface area contributed by atoms with Crippen LogP contribution in [0.25, 0.3) is 22.3 Å². The summed E-state index contributed by atoms with van der Waals surface area (Å²) in [5.74, 6) is -0.749. The zero-order valence-electron chi connectivity index (χ0n) is 19.9. The van der Waals surface area contributed by atoms with E-state index in [0.29, 0.717) is 16.8 Å². The molecule has 2 aliphatic carbocycles. The molecule has 1 aromatic carbocycles. The first-order chi connectivity index (χ1) is 16.7. The number of nitrogens with one attached hydrogen (secondary N) is 1. The summed E-state index contributed by atoms with van der Waals surface area (Å²) < 4.78 is 42.4. The predicted molar refractivity (Wildman–Crippen MR) is 131 cm³/mol. The van der Waals surface area contributed by atoms with E-state index in [2.05, 4.69) is 17.2 Å². The molecule has 3 N–H and O–H groups in total. The third-order valence-electron chi connectivity index (χ3n) is 7.68. The Bertz CT molecular complexity index is 1240. The lowest BCUT2D eigenvalue weighted by Crippen LogP contribution is -2.16. The number of rotatable bonds is 7. The van der Waals surface area contributed by atoms with Gasteiger partial charge in [0.2, 0.25) is 0 Å². The second-order valence-electron chi connectivity index (χ2n) is 10.4. The molecule has 3 aromatic rings. The summed E-state index contributed by atoms with van der Waals surface area (Å²) in [5, 5.41) is 3.61. The molecule has 2 aromatic heterocycles. The maximum atomic E-state index is 13.5.